The van der Waals surface area contributed by atoms with Gasteiger partial charge in [0.25, 0.3) is 5.91 Å². The first-order chi connectivity index (χ1) is 11.5. The van der Waals surface area contributed by atoms with Crippen LogP contribution in [0.5, 0.6) is 0 Å². The molecule has 0 atom stereocenters. The Morgan fingerprint density at radius 1 is 1.29 bits per heavy atom. The van der Waals surface area contributed by atoms with E-state index in [1.807, 2.05) is 30.3 Å². The van der Waals surface area contributed by atoms with Crippen molar-refractivity contribution >= 4 is 34.8 Å². The molecule has 1 fully saturated rings. The average Bonchev–Trinajstić information content (AvgIpc) is 3.12. The van der Waals surface area contributed by atoms with Gasteiger partial charge < -0.3 is 0 Å². The van der Waals surface area contributed by atoms with E-state index < -0.39 is 0 Å². The lowest BCUT2D eigenvalue weighted by molar-refractivity contribution is -0.121. The Balaban J connectivity index is 2.10. The van der Waals surface area contributed by atoms with E-state index in [-0.39, 0.29) is 11.8 Å². The van der Waals surface area contributed by atoms with Gasteiger partial charge in [-0.3, -0.25) is 19.5 Å². The molecule has 0 N–H and O–H groups in total. The lowest BCUT2D eigenvalue weighted by Crippen LogP contribution is -2.23. The zero-order chi connectivity index (χ0) is 17.3. The Bertz CT molecular complexity index is 868. The van der Waals surface area contributed by atoms with Gasteiger partial charge in [-0.1, -0.05) is 30.3 Å². The van der Waals surface area contributed by atoms with Crippen LogP contribution in [0.4, 0.5) is 0 Å². The molecule has 1 aromatic heterocycles. The van der Waals surface area contributed by atoms with Crippen molar-refractivity contribution in [3.63, 3.8) is 0 Å². The number of aromatic nitrogens is 2. The first kappa shape index (κ1) is 16.2. The molecule has 0 saturated carbocycles. The SMILES string of the molecule is CN=C1S/C(=C/c2cn(C(C)=O)nc2-c2ccccc2)C(=O)N1C. The highest BCUT2D eigenvalue weighted by atomic mass is 32.2. The van der Waals surface area contributed by atoms with Gasteiger partial charge in [-0.05, 0) is 17.8 Å². The molecule has 1 amide bonds. The Hall–Kier alpha value is -2.67. The van der Waals surface area contributed by atoms with Gasteiger partial charge in [-0.15, -0.1) is 0 Å². The molecule has 1 saturated heterocycles. The minimum absolute atomic E-state index is 0.116. The van der Waals surface area contributed by atoms with Crippen molar-refractivity contribution in [3.05, 3.63) is 47.0 Å². The van der Waals surface area contributed by atoms with E-state index in [2.05, 4.69) is 10.1 Å². The van der Waals surface area contributed by atoms with Crippen molar-refractivity contribution in [3.8, 4) is 11.3 Å². The predicted octanol–water partition coefficient (Wildman–Crippen LogP) is 2.74. The van der Waals surface area contributed by atoms with Crippen LogP contribution in [0.25, 0.3) is 17.3 Å². The minimum atomic E-state index is -0.185. The maximum absolute atomic E-state index is 12.3. The lowest BCUT2D eigenvalue weighted by Gasteiger charge is -2.05. The molecule has 0 unspecified atom stereocenters. The Labute approximate surface area is 143 Å². The summed E-state index contributed by atoms with van der Waals surface area (Å²) in [7, 11) is 3.34. The van der Waals surface area contributed by atoms with Gasteiger partial charge in [-0.25, -0.2) is 4.68 Å². The number of hydrogen-bond acceptors (Lipinski definition) is 5. The Morgan fingerprint density at radius 3 is 2.58 bits per heavy atom. The fourth-order valence-electron chi connectivity index (χ4n) is 2.37. The van der Waals surface area contributed by atoms with E-state index in [4.69, 9.17) is 0 Å². The summed E-state index contributed by atoms with van der Waals surface area (Å²) in [5.74, 6) is -0.301. The summed E-state index contributed by atoms with van der Waals surface area (Å²) < 4.78 is 1.29. The monoisotopic (exact) mass is 340 g/mol. The number of amides is 1. The van der Waals surface area contributed by atoms with Crippen LogP contribution in [0.15, 0.2) is 46.4 Å². The average molecular weight is 340 g/mol. The fraction of sp³-hybridized carbons (Fsp3) is 0.176. The van der Waals surface area contributed by atoms with E-state index >= 15 is 0 Å². The van der Waals surface area contributed by atoms with Crippen molar-refractivity contribution < 1.29 is 9.59 Å². The molecule has 0 bridgehead atoms. The third-order valence-corrected chi connectivity index (χ3v) is 4.75. The number of rotatable bonds is 2. The van der Waals surface area contributed by atoms with Gasteiger partial charge >= 0.3 is 0 Å². The summed E-state index contributed by atoms with van der Waals surface area (Å²) >= 11 is 1.31. The quantitative estimate of drug-likeness (QED) is 0.789. The van der Waals surface area contributed by atoms with E-state index in [0.29, 0.717) is 15.8 Å². The molecule has 0 spiro atoms. The number of carbonyl (C=O) groups excluding carboxylic acids is 2. The molecule has 0 radical (unpaired) electrons. The number of likely N-dealkylation sites (N-methyl/N-ethyl adjacent to an activating group) is 1. The molecule has 1 aliphatic rings. The highest BCUT2D eigenvalue weighted by molar-refractivity contribution is 8.18. The normalized spacial score (nSPS) is 18.0. The first-order valence-electron chi connectivity index (χ1n) is 7.31. The standard InChI is InChI=1S/C17H16N4O2S/c1-11(22)21-10-13(15(19-21)12-7-5-4-6-8-12)9-14-16(23)20(3)17(18-2)24-14/h4-10H,1-3H3/b14-9+,18-17?. The predicted molar refractivity (Wildman–Crippen MR) is 95.7 cm³/mol. The number of benzene rings is 1. The van der Waals surface area contributed by atoms with Crippen molar-refractivity contribution in [1.82, 2.24) is 14.7 Å². The van der Waals surface area contributed by atoms with Gasteiger partial charge in [0.1, 0.15) is 5.69 Å². The van der Waals surface area contributed by atoms with Crippen LogP contribution in [0.3, 0.4) is 0 Å². The van der Waals surface area contributed by atoms with Crippen LogP contribution in [0.1, 0.15) is 17.3 Å². The highest BCUT2D eigenvalue weighted by Gasteiger charge is 2.30. The van der Waals surface area contributed by atoms with Gasteiger partial charge in [0, 0.05) is 38.3 Å². The van der Waals surface area contributed by atoms with Crippen LogP contribution in [0, 0.1) is 0 Å². The molecular formula is C17H16N4O2S. The molecule has 1 aliphatic heterocycles. The summed E-state index contributed by atoms with van der Waals surface area (Å²) in [4.78, 5) is 30.2. The molecule has 0 aliphatic carbocycles. The fourth-order valence-corrected chi connectivity index (χ4v) is 3.28. The number of nitrogens with zero attached hydrogens (tertiary/aromatic N) is 4. The summed E-state index contributed by atoms with van der Waals surface area (Å²) in [5, 5.41) is 5.01. The van der Waals surface area contributed by atoms with Gasteiger partial charge in [0.15, 0.2) is 5.17 Å². The van der Waals surface area contributed by atoms with Crippen molar-refractivity contribution in [2.45, 2.75) is 6.92 Å². The molecule has 122 valence electrons. The van der Waals surface area contributed by atoms with Crippen LogP contribution < -0.4 is 0 Å². The zero-order valence-electron chi connectivity index (χ0n) is 13.6. The molecule has 7 heteroatoms. The zero-order valence-corrected chi connectivity index (χ0v) is 14.4. The summed E-state index contributed by atoms with van der Waals surface area (Å²) in [5.41, 5.74) is 2.27. The maximum Gasteiger partial charge on any atom is 0.266 e. The number of amidine groups is 1. The molecule has 1 aromatic carbocycles. The number of hydrogen-bond donors (Lipinski definition) is 0. The summed E-state index contributed by atoms with van der Waals surface area (Å²) in [6.45, 7) is 1.45. The third kappa shape index (κ3) is 2.90. The van der Waals surface area contributed by atoms with Crippen molar-refractivity contribution in [2.24, 2.45) is 4.99 Å². The molecule has 2 heterocycles. The third-order valence-electron chi connectivity index (χ3n) is 3.59. The van der Waals surface area contributed by atoms with E-state index in [1.165, 1.54) is 28.3 Å². The second-order valence-electron chi connectivity index (χ2n) is 5.24. The smallest absolute Gasteiger partial charge is 0.266 e. The second kappa shape index (κ2) is 6.45. The largest absolute Gasteiger partial charge is 0.290 e. The van der Waals surface area contributed by atoms with Crippen LogP contribution in [0.2, 0.25) is 0 Å². The number of carbonyl (C=O) groups is 2. The minimum Gasteiger partial charge on any atom is -0.290 e. The van der Waals surface area contributed by atoms with Gasteiger partial charge in [0.05, 0.1) is 4.91 Å². The van der Waals surface area contributed by atoms with Gasteiger partial charge in [0.2, 0.25) is 5.91 Å². The molecular weight excluding hydrogens is 324 g/mol. The number of aliphatic imine (C=N–C) groups is 1. The van der Waals surface area contributed by atoms with Crippen LogP contribution in [-0.4, -0.2) is 45.8 Å². The Kier molecular flexibility index (Phi) is 4.35. The van der Waals surface area contributed by atoms with Gasteiger partial charge in [-0.2, -0.15) is 5.10 Å². The van der Waals surface area contributed by atoms with Crippen molar-refractivity contribution in [1.29, 1.82) is 0 Å². The Morgan fingerprint density at radius 2 is 2.00 bits per heavy atom. The highest BCUT2D eigenvalue weighted by Crippen LogP contribution is 2.33. The van der Waals surface area contributed by atoms with Crippen LogP contribution >= 0.6 is 11.8 Å². The first-order valence-corrected chi connectivity index (χ1v) is 8.13. The topological polar surface area (TPSA) is 67.6 Å². The number of thioether (sulfide) groups is 1. The second-order valence-corrected chi connectivity index (χ2v) is 6.25. The van der Waals surface area contributed by atoms with Crippen LogP contribution in [-0.2, 0) is 4.79 Å². The molecule has 24 heavy (non-hydrogen) atoms. The molecule has 2 aromatic rings. The van der Waals surface area contributed by atoms with E-state index in [0.717, 1.165) is 11.1 Å². The van der Waals surface area contributed by atoms with E-state index in [9.17, 15) is 9.59 Å². The molecule has 3 rings (SSSR count). The summed E-state index contributed by atoms with van der Waals surface area (Å²) in [6.07, 6.45) is 3.41. The maximum atomic E-state index is 12.3. The lowest BCUT2D eigenvalue weighted by atomic mass is 10.1. The van der Waals surface area contributed by atoms with E-state index in [1.54, 1.807) is 26.4 Å². The molecule has 6 nitrogen and oxygen atoms in total. The van der Waals surface area contributed by atoms with Crippen molar-refractivity contribution in [2.75, 3.05) is 14.1 Å². The summed E-state index contributed by atoms with van der Waals surface area (Å²) in [6, 6.07) is 9.57.